The van der Waals surface area contributed by atoms with Gasteiger partial charge in [-0.25, -0.2) is 4.39 Å². The Morgan fingerprint density at radius 2 is 1.81 bits per heavy atom. The maximum absolute atomic E-state index is 13.4. The van der Waals surface area contributed by atoms with Crippen molar-refractivity contribution in [3.63, 3.8) is 0 Å². The van der Waals surface area contributed by atoms with Crippen LogP contribution < -0.4 is 9.47 Å². The molecule has 0 spiro atoms. The van der Waals surface area contributed by atoms with Crippen LogP contribution in [0.1, 0.15) is 18.4 Å². The molecule has 0 aliphatic carbocycles. The molecule has 0 saturated carbocycles. The van der Waals surface area contributed by atoms with Crippen molar-refractivity contribution in [2.45, 2.75) is 12.8 Å². The van der Waals surface area contributed by atoms with Crippen molar-refractivity contribution >= 4 is 0 Å². The van der Waals surface area contributed by atoms with Gasteiger partial charge in [0.2, 0.25) is 5.82 Å². The van der Waals surface area contributed by atoms with E-state index in [0.29, 0.717) is 5.56 Å². The van der Waals surface area contributed by atoms with Gasteiger partial charge in [0.05, 0.1) is 14.2 Å². The SMILES string of the molecule is COc1c(C(C)CO)cc(F)c(F)c1OC. The normalized spacial score (nSPS) is 12.4. The summed E-state index contributed by atoms with van der Waals surface area (Å²) in [6, 6.07) is 1.01. The van der Waals surface area contributed by atoms with Crippen molar-refractivity contribution in [3.05, 3.63) is 23.3 Å². The summed E-state index contributed by atoms with van der Waals surface area (Å²) in [5.41, 5.74) is 0.376. The first-order valence-corrected chi connectivity index (χ1v) is 4.77. The molecule has 16 heavy (non-hydrogen) atoms. The van der Waals surface area contributed by atoms with Gasteiger partial charge in [-0.15, -0.1) is 0 Å². The summed E-state index contributed by atoms with van der Waals surface area (Å²) in [6.07, 6.45) is 0. The van der Waals surface area contributed by atoms with Crippen molar-refractivity contribution < 1.29 is 23.4 Å². The third-order valence-electron chi connectivity index (χ3n) is 2.37. The van der Waals surface area contributed by atoms with Gasteiger partial charge in [0.25, 0.3) is 0 Å². The van der Waals surface area contributed by atoms with Crippen molar-refractivity contribution in [3.8, 4) is 11.5 Å². The molecule has 0 fully saturated rings. The predicted molar refractivity (Wildman–Crippen MR) is 55.0 cm³/mol. The van der Waals surface area contributed by atoms with E-state index < -0.39 is 11.6 Å². The Balaban J connectivity index is 3.43. The summed E-state index contributed by atoms with van der Waals surface area (Å²) in [7, 11) is 2.57. The largest absolute Gasteiger partial charge is 0.492 e. The summed E-state index contributed by atoms with van der Waals surface area (Å²) < 4.78 is 36.3. The number of hydrogen-bond donors (Lipinski definition) is 1. The van der Waals surface area contributed by atoms with E-state index in [-0.39, 0.29) is 24.0 Å². The van der Waals surface area contributed by atoms with Crippen molar-refractivity contribution in [1.82, 2.24) is 0 Å². The maximum atomic E-state index is 13.4. The van der Waals surface area contributed by atoms with E-state index in [9.17, 15) is 8.78 Å². The molecule has 1 rings (SSSR count). The van der Waals surface area contributed by atoms with Gasteiger partial charge >= 0.3 is 0 Å². The second-order valence-electron chi connectivity index (χ2n) is 3.41. The zero-order chi connectivity index (χ0) is 12.3. The van der Waals surface area contributed by atoms with Gasteiger partial charge in [-0.2, -0.15) is 4.39 Å². The van der Waals surface area contributed by atoms with Gasteiger partial charge in [-0.3, -0.25) is 0 Å². The molecule has 0 heterocycles. The lowest BCUT2D eigenvalue weighted by Gasteiger charge is -2.17. The van der Waals surface area contributed by atoms with E-state index in [1.54, 1.807) is 6.92 Å². The highest BCUT2D eigenvalue weighted by Crippen LogP contribution is 2.38. The summed E-state index contributed by atoms with van der Waals surface area (Å²) >= 11 is 0. The molecular weight excluding hydrogens is 218 g/mol. The molecule has 1 atom stereocenters. The number of ether oxygens (including phenoxy) is 2. The van der Waals surface area contributed by atoms with Crippen LogP contribution in [-0.4, -0.2) is 25.9 Å². The minimum Gasteiger partial charge on any atom is -0.492 e. The topological polar surface area (TPSA) is 38.7 Å². The number of halogens is 2. The summed E-state index contributed by atoms with van der Waals surface area (Å²) in [5.74, 6) is -2.64. The summed E-state index contributed by atoms with van der Waals surface area (Å²) in [4.78, 5) is 0. The lowest BCUT2D eigenvalue weighted by atomic mass is 10.00. The highest BCUT2D eigenvalue weighted by molar-refractivity contribution is 5.49. The first-order valence-electron chi connectivity index (χ1n) is 4.77. The number of aliphatic hydroxyl groups excluding tert-OH is 1. The maximum Gasteiger partial charge on any atom is 0.204 e. The number of benzene rings is 1. The van der Waals surface area contributed by atoms with Crippen molar-refractivity contribution in [2.75, 3.05) is 20.8 Å². The fourth-order valence-corrected chi connectivity index (χ4v) is 1.46. The Hall–Kier alpha value is -1.36. The zero-order valence-electron chi connectivity index (χ0n) is 9.38. The highest BCUT2D eigenvalue weighted by Gasteiger charge is 2.22. The highest BCUT2D eigenvalue weighted by atomic mass is 19.2. The molecule has 1 aromatic carbocycles. The Bertz CT molecular complexity index is 380. The van der Waals surface area contributed by atoms with E-state index in [2.05, 4.69) is 0 Å². The van der Waals surface area contributed by atoms with Crippen LogP contribution in [0.4, 0.5) is 8.78 Å². The number of methoxy groups -OCH3 is 2. The molecule has 3 nitrogen and oxygen atoms in total. The summed E-state index contributed by atoms with van der Waals surface area (Å²) in [5, 5.41) is 9.02. The molecule has 0 aromatic heterocycles. The van der Waals surface area contributed by atoms with Gasteiger partial charge in [-0.1, -0.05) is 6.92 Å². The molecule has 0 radical (unpaired) electrons. The van der Waals surface area contributed by atoms with E-state index in [1.165, 1.54) is 14.2 Å². The molecule has 1 unspecified atom stereocenters. The second kappa shape index (κ2) is 5.12. The molecule has 1 aromatic rings. The molecule has 0 aliphatic rings. The van der Waals surface area contributed by atoms with Crippen LogP contribution in [0.5, 0.6) is 11.5 Å². The molecule has 0 amide bonds. The van der Waals surface area contributed by atoms with Gasteiger partial charge in [0, 0.05) is 18.1 Å². The fourth-order valence-electron chi connectivity index (χ4n) is 1.46. The van der Waals surface area contributed by atoms with Crippen LogP contribution >= 0.6 is 0 Å². The third-order valence-corrected chi connectivity index (χ3v) is 2.37. The minimum absolute atomic E-state index is 0.114. The van der Waals surface area contributed by atoms with Crippen LogP contribution in [0.3, 0.4) is 0 Å². The van der Waals surface area contributed by atoms with Gasteiger partial charge in [0.15, 0.2) is 17.3 Å². The molecule has 0 aliphatic heterocycles. The molecular formula is C11H14F2O3. The van der Waals surface area contributed by atoms with Crippen LogP contribution in [0.15, 0.2) is 6.07 Å². The van der Waals surface area contributed by atoms with E-state index in [4.69, 9.17) is 14.6 Å². The molecule has 0 bridgehead atoms. The monoisotopic (exact) mass is 232 g/mol. The quantitative estimate of drug-likeness (QED) is 0.863. The minimum atomic E-state index is -1.09. The van der Waals surface area contributed by atoms with Gasteiger partial charge in [0.1, 0.15) is 0 Å². The molecule has 90 valence electrons. The number of rotatable bonds is 4. The molecule has 0 saturated heterocycles. The Kier molecular flexibility index (Phi) is 4.06. The second-order valence-corrected chi connectivity index (χ2v) is 3.41. The lowest BCUT2D eigenvalue weighted by Crippen LogP contribution is -2.06. The van der Waals surface area contributed by atoms with Crippen LogP contribution in [0.25, 0.3) is 0 Å². The van der Waals surface area contributed by atoms with Crippen LogP contribution in [-0.2, 0) is 0 Å². The third kappa shape index (κ3) is 2.09. The van der Waals surface area contributed by atoms with E-state index in [0.717, 1.165) is 6.07 Å². The molecule has 1 N–H and O–H groups in total. The molecule has 5 heteroatoms. The van der Waals surface area contributed by atoms with Gasteiger partial charge < -0.3 is 14.6 Å². The average Bonchev–Trinajstić information content (AvgIpc) is 2.30. The van der Waals surface area contributed by atoms with Crippen molar-refractivity contribution in [1.29, 1.82) is 0 Å². The first kappa shape index (κ1) is 12.7. The lowest BCUT2D eigenvalue weighted by molar-refractivity contribution is 0.266. The van der Waals surface area contributed by atoms with E-state index in [1.807, 2.05) is 0 Å². The Morgan fingerprint density at radius 1 is 1.25 bits per heavy atom. The summed E-state index contributed by atoms with van der Waals surface area (Å²) in [6.45, 7) is 1.49. The Labute approximate surface area is 92.6 Å². The van der Waals surface area contributed by atoms with Crippen molar-refractivity contribution in [2.24, 2.45) is 0 Å². The Morgan fingerprint density at radius 3 is 2.25 bits per heavy atom. The smallest absolute Gasteiger partial charge is 0.204 e. The number of aliphatic hydroxyl groups is 1. The average molecular weight is 232 g/mol. The predicted octanol–water partition coefficient (Wildman–Crippen LogP) is 2.08. The zero-order valence-corrected chi connectivity index (χ0v) is 9.38. The number of hydrogen-bond acceptors (Lipinski definition) is 3. The van der Waals surface area contributed by atoms with Crippen LogP contribution in [0, 0.1) is 11.6 Å². The van der Waals surface area contributed by atoms with Gasteiger partial charge in [-0.05, 0) is 6.07 Å². The van der Waals surface area contributed by atoms with Crippen LogP contribution in [0.2, 0.25) is 0 Å². The standard InChI is InChI=1S/C11H14F2O3/c1-6(5-14)7-4-8(12)9(13)11(16-3)10(7)15-2/h4,6,14H,5H2,1-3H3. The van der Waals surface area contributed by atoms with E-state index >= 15 is 0 Å². The fraction of sp³-hybridized carbons (Fsp3) is 0.455. The first-order chi connectivity index (χ1) is 7.56.